The van der Waals surface area contributed by atoms with Crippen LogP contribution in [0, 0.1) is 0 Å². The molecule has 0 aromatic heterocycles. The predicted octanol–water partition coefficient (Wildman–Crippen LogP) is 3.07. The molecule has 1 N–H and O–H groups in total. The van der Waals surface area contributed by atoms with Crippen molar-refractivity contribution in [2.75, 3.05) is 37.9 Å². The van der Waals surface area contributed by atoms with Crippen LogP contribution in [0.2, 0.25) is 5.02 Å². The van der Waals surface area contributed by atoms with Crippen molar-refractivity contribution in [3.05, 3.63) is 53.1 Å². The van der Waals surface area contributed by atoms with Crippen LogP contribution >= 0.6 is 11.6 Å². The number of benzene rings is 2. The summed E-state index contributed by atoms with van der Waals surface area (Å²) in [5, 5.41) is 3.27. The van der Waals surface area contributed by atoms with Gasteiger partial charge in [0, 0.05) is 24.2 Å². The molecule has 0 saturated carbocycles. The number of nitrogens with one attached hydrogen (secondary N) is 1. The van der Waals surface area contributed by atoms with Crippen LogP contribution in [0.25, 0.3) is 0 Å². The van der Waals surface area contributed by atoms with Crippen molar-refractivity contribution >= 4 is 39.1 Å². The lowest BCUT2D eigenvalue weighted by Crippen LogP contribution is -2.51. The number of sulfonamides is 1. The van der Waals surface area contributed by atoms with Gasteiger partial charge in [0.2, 0.25) is 21.8 Å². The minimum Gasteiger partial charge on any atom is -0.497 e. The second kappa shape index (κ2) is 12.6. The molecule has 0 aliphatic rings. The summed E-state index contributed by atoms with van der Waals surface area (Å²) in [6.45, 7) is 3.52. The van der Waals surface area contributed by atoms with Gasteiger partial charge in [-0.1, -0.05) is 30.7 Å². The highest BCUT2D eigenvalue weighted by molar-refractivity contribution is 7.92. The van der Waals surface area contributed by atoms with Gasteiger partial charge in [-0.05, 0) is 43.2 Å². The molecule has 9 nitrogen and oxygen atoms in total. The Hall–Kier alpha value is -2.98. The van der Waals surface area contributed by atoms with Gasteiger partial charge in [0.25, 0.3) is 0 Å². The summed E-state index contributed by atoms with van der Waals surface area (Å²) in [5.74, 6) is -0.213. The van der Waals surface area contributed by atoms with Crippen molar-refractivity contribution in [2.24, 2.45) is 0 Å². The van der Waals surface area contributed by atoms with Crippen molar-refractivity contribution < 1.29 is 27.5 Å². The quantitative estimate of drug-likeness (QED) is 0.456. The van der Waals surface area contributed by atoms with Crippen molar-refractivity contribution in [3.8, 4) is 11.5 Å². The van der Waals surface area contributed by atoms with Gasteiger partial charge >= 0.3 is 0 Å². The molecule has 2 aromatic rings. The largest absolute Gasteiger partial charge is 0.497 e. The van der Waals surface area contributed by atoms with E-state index in [0.717, 1.165) is 17.0 Å². The van der Waals surface area contributed by atoms with Crippen LogP contribution in [-0.2, 0) is 26.2 Å². The third-order valence-electron chi connectivity index (χ3n) is 5.29. The first-order valence-corrected chi connectivity index (χ1v) is 13.3. The lowest BCUT2D eigenvalue weighted by Gasteiger charge is -2.32. The highest BCUT2D eigenvalue weighted by Gasteiger charge is 2.31. The molecule has 1 atom stereocenters. The summed E-state index contributed by atoms with van der Waals surface area (Å²) in [7, 11) is -1.02. The lowest BCUT2D eigenvalue weighted by atomic mass is 10.1. The fourth-order valence-corrected chi connectivity index (χ4v) is 4.46. The molecule has 0 bridgehead atoms. The van der Waals surface area contributed by atoms with Crippen LogP contribution in [0.4, 0.5) is 5.69 Å². The third-order valence-corrected chi connectivity index (χ3v) is 6.65. The average molecular weight is 526 g/mol. The number of methoxy groups -OCH3 is 2. The zero-order chi connectivity index (χ0) is 26.2. The summed E-state index contributed by atoms with van der Waals surface area (Å²) in [4.78, 5) is 27.6. The van der Waals surface area contributed by atoms with E-state index in [9.17, 15) is 18.0 Å². The second-order valence-corrected chi connectivity index (χ2v) is 10.3. The molecule has 0 spiro atoms. The van der Waals surface area contributed by atoms with E-state index in [-0.39, 0.29) is 23.9 Å². The van der Waals surface area contributed by atoms with Crippen LogP contribution in [0.15, 0.2) is 42.5 Å². The van der Waals surface area contributed by atoms with E-state index in [1.165, 1.54) is 31.3 Å². The van der Waals surface area contributed by atoms with Crippen molar-refractivity contribution in [2.45, 2.75) is 32.9 Å². The van der Waals surface area contributed by atoms with Gasteiger partial charge in [0.1, 0.15) is 24.1 Å². The van der Waals surface area contributed by atoms with Gasteiger partial charge in [-0.3, -0.25) is 13.9 Å². The first-order valence-electron chi connectivity index (χ1n) is 11.0. The Balaban J connectivity index is 2.44. The fourth-order valence-electron chi connectivity index (χ4n) is 3.40. The van der Waals surface area contributed by atoms with Gasteiger partial charge in [-0.25, -0.2) is 8.42 Å². The number of ether oxygens (including phenoxy) is 2. The highest BCUT2D eigenvalue weighted by atomic mass is 35.5. The number of amides is 2. The van der Waals surface area contributed by atoms with E-state index in [1.807, 2.05) is 6.92 Å². The van der Waals surface area contributed by atoms with E-state index in [4.69, 9.17) is 21.1 Å². The Labute approximate surface area is 212 Å². The SMILES string of the molecule is CCCNC(=O)[C@H](C)N(Cc1cccc(Cl)c1)C(=O)CN(c1ccc(OC)cc1OC)S(C)(=O)=O. The molecule has 2 aromatic carbocycles. The molecule has 0 aliphatic carbocycles. The molecule has 0 unspecified atom stereocenters. The molecule has 0 saturated heterocycles. The van der Waals surface area contributed by atoms with Crippen LogP contribution in [-0.4, -0.2) is 64.7 Å². The van der Waals surface area contributed by atoms with Gasteiger partial charge in [-0.15, -0.1) is 0 Å². The second-order valence-electron chi connectivity index (χ2n) is 7.93. The maximum Gasteiger partial charge on any atom is 0.244 e. The average Bonchev–Trinajstić information content (AvgIpc) is 2.82. The molecule has 11 heteroatoms. The Kier molecular flexibility index (Phi) is 10.2. The number of carbonyl (C=O) groups is 2. The summed E-state index contributed by atoms with van der Waals surface area (Å²) in [6.07, 6.45) is 1.74. The van der Waals surface area contributed by atoms with Crippen molar-refractivity contribution in [3.63, 3.8) is 0 Å². The molecule has 0 fully saturated rings. The van der Waals surface area contributed by atoms with Gasteiger partial charge in [0.05, 0.1) is 26.2 Å². The lowest BCUT2D eigenvalue weighted by molar-refractivity contribution is -0.139. The first kappa shape index (κ1) is 28.3. The number of hydrogen-bond donors (Lipinski definition) is 1. The zero-order valence-corrected chi connectivity index (χ0v) is 22.1. The number of rotatable bonds is 12. The van der Waals surface area contributed by atoms with Crippen LogP contribution in [0.1, 0.15) is 25.8 Å². The van der Waals surface area contributed by atoms with Crippen molar-refractivity contribution in [1.82, 2.24) is 10.2 Å². The normalized spacial score (nSPS) is 11.9. The summed E-state index contributed by atoms with van der Waals surface area (Å²) >= 11 is 6.11. The van der Waals surface area contributed by atoms with Crippen LogP contribution < -0.4 is 19.1 Å². The van der Waals surface area contributed by atoms with Gasteiger partial charge < -0.3 is 19.7 Å². The van der Waals surface area contributed by atoms with Gasteiger partial charge in [-0.2, -0.15) is 0 Å². The Morgan fingerprint density at radius 2 is 1.83 bits per heavy atom. The molecule has 0 radical (unpaired) electrons. The fraction of sp³-hybridized carbons (Fsp3) is 0.417. The summed E-state index contributed by atoms with van der Waals surface area (Å²) in [5.41, 5.74) is 0.879. The minimum atomic E-state index is -3.90. The first-order chi connectivity index (χ1) is 16.5. The number of carbonyl (C=O) groups excluding carboxylic acids is 2. The summed E-state index contributed by atoms with van der Waals surface area (Å²) < 4.78 is 37.0. The van der Waals surface area contributed by atoms with Gasteiger partial charge in [0.15, 0.2) is 0 Å². The molecule has 2 amide bonds. The van der Waals surface area contributed by atoms with Crippen LogP contribution in [0.3, 0.4) is 0 Å². The Morgan fingerprint density at radius 3 is 2.40 bits per heavy atom. The number of halogens is 1. The van der Waals surface area contributed by atoms with E-state index in [0.29, 0.717) is 22.9 Å². The molecule has 0 heterocycles. The molecular weight excluding hydrogens is 494 g/mol. The molecule has 35 heavy (non-hydrogen) atoms. The van der Waals surface area contributed by atoms with E-state index in [1.54, 1.807) is 37.3 Å². The standard InChI is InChI=1S/C24H32ClN3O6S/c1-6-12-26-24(30)17(2)27(15-18-8-7-9-19(25)13-18)23(29)16-28(35(5,31)32)21-11-10-20(33-3)14-22(21)34-4/h7-11,13-14,17H,6,12,15-16H2,1-5H3,(H,26,30)/t17-/m0/s1. The van der Waals surface area contributed by atoms with Crippen LogP contribution in [0.5, 0.6) is 11.5 Å². The molecule has 2 rings (SSSR count). The molecule has 192 valence electrons. The monoisotopic (exact) mass is 525 g/mol. The maximum atomic E-state index is 13.5. The minimum absolute atomic E-state index is 0.0669. The Bertz CT molecular complexity index is 1140. The number of anilines is 1. The third kappa shape index (κ3) is 7.76. The van der Waals surface area contributed by atoms with E-state index >= 15 is 0 Å². The van der Waals surface area contributed by atoms with E-state index < -0.39 is 28.5 Å². The summed E-state index contributed by atoms with van der Waals surface area (Å²) in [6, 6.07) is 10.7. The smallest absolute Gasteiger partial charge is 0.244 e. The molecular formula is C24H32ClN3O6S. The predicted molar refractivity (Wildman–Crippen MR) is 137 cm³/mol. The number of nitrogens with zero attached hydrogens (tertiary/aromatic N) is 2. The topological polar surface area (TPSA) is 105 Å². The number of hydrogen-bond acceptors (Lipinski definition) is 6. The van der Waals surface area contributed by atoms with E-state index in [2.05, 4.69) is 5.32 Å². The maximum absolute atomic E-state index is 13.5. The van der Waals surface area contributed by atoms with Crippen molar-refractivity contribution in [1.29, 1.82) is 0 Å². The zero-order valence-electron chi connectivity index (χ0n) is 20.6. The Morgan fingerprint density at radius 1 is 1.11 bits per heavy atom. The highest BCUT2D eigenvalue weighted by Crippen LogP contribution is 2.33. The molecule has 0 aliphatic heterocycles.